The van der Waals surface area contributed by atoms with Crippen molar-refractivity contribution < 1.29 is 18.7 Å². The summed E-state index contributed by atoms with van der Waals surface area (Å²) in [6, 6.07) is 1.43. The molecule has 2 fully saturated rings. The van der Waals surface area contributed by atoms with Gasteiger partial charge < -0.3 is 24.7 Å². The zero-order chi connectivity index (χ0) is 20.9. The first-order valence-electron chi connectivity index (χ1n) is 10.5. The van der Waals surface area contributed by atoms with E-state index in [-0.39, 0.29) is 23.9 Å². The number of halogens is 1. The van der Waals surface area contributed by atoms with Gasteiger partial charge in [0, 0.05) is 19.2 Å². The first kappa shape index (κ1) is 19.6. The molecule has 3 amide bonds. The fraction of sp³-hybridized carbons (Fsp3) is 0.571. The minimum absolute atomic E-state index is 0.0284. The summed E-state index contributed by atoms with van der Waals surface area (Å²) in [4.78, 5) is 31.8. The van der Waals surface area contributed by atoms with Crippen molar-refractivity contribution in [2.75, 3.05) is 25.6 Å². The highest BCUT2D eigenvalue weighted by Crippen LogP contribution is 2.48. The average Bonchev–Trinajstić information content (AvgIpc) is 3.35. The number of carbonyl (C=O) groups is 2. The summed E-state index contributed by atoms with van der Waals surface area (Å²) in [7, 11) is 1.64. The summed E-state index contributed by atoms with van der Waals surface area (Å²) < 4.78 is 11.4. The van der Waals surface area contributed by atoms with Crippen molar-refractivity contribution in [3.05, 3.63) is 22.5 Å². The normalized spacial score (nSPS) is 22.8. The summed E-state index contributed by atoms with van der Waals surface area (Å²) in [6.07, 6.45) is 6.56. The number of ether oxygens (including phenoxy) is 1. The second-order valence-corrected chi connectivity index (χ2v) is 8.85. The molecule has 1 aromatic carbocycles. The van der Waals surface area contributed by atoms with Crippen LogP contribution in [0.1, 0.15) is 61.2 Å². The number of carbonyl (C=O) groups excluding carboxylic acids is 2. The molecule has 1 aliphatic carbocycles. The molecule has 0 unspecified atom stereocenters. The molecular formula is C21H25ClN4O4. The molecule has 160 valence electrons. The third-order valence-corrected chi connectivity index (χ3v) is 6.89. The van der Waals surface area contributed by atoms with E-state index in [4.69, 9.17) is 20.8 Å². The number of urea groups is 1. The molecule has 1 atom stereocenters. The summed E-state index contributed by atoms with van der Waals surface area (Å²) in [6.45, 7) is 1.15. The number of nitrogens with one attached hydrogen (secondary N) is 2. The molecule has 3 heterocycles. The van der Waals surface area contributed by atoms with Gasteiger partial charge in [-0.15, -0.1) is 0 Å². The Morgan fingerprint density at radius 2 is 2.17 bits per heavy atom. The zero-order valence-corrected chi connectivity index (χ0v) is 17.7. The van der Waals surface area contributed by atoms with E-state index in [0.29, 0.717) is 35.0 Å². The Bertz CT molecular complexity index is 1010. The van der Waals surface area contributed by atoms with Crippen LogP contribution in [0, 0.1) is 0 Å². The Balaban J connectivity index is 1.61. The fourth-order valence-corrected chi connectivity index (χ4v) is 5.50. The third-order valence-electron chi connectivity index (χ3n) is 6.59. The van der Waals surface area contributed by atoms with Crippen molar-refractivity contribution in [3.8, 4) is 0 Å². The molecule has 5 rings (SSSR count). The molecule has 0 bridgehead atoms. The second-order valence-electron chi connectivity index (χ2n) is 8.45. The fourth-order valence-electron chi connectivity index (χ4n) is 5.25. The van der Waals surface area contributed by atoms with Gasteiger partial charge in [0.2, 0.25) is 0 Å². The predicted octanol–water partition coefficient (Wildman–Crippen LogP) is 4.03. The van der Waals surface area contributed by atoms with Crippen LogP contribution in [0.4, 0.5) is 10.5 Å². The van der Waals surface area contributed by atoms with E-state index in [1.807, 2.05) is 0 Å². The van der Waals surface area contributed by atoms with Crippen LogP contribution in [-0.2, 0) is 10.3 Å². The van der Waals surface area contributed by atoms with Crippen molar-refractivity contribution in [2.45, 2.75) is 56.5 Å². The van der Waals surface area contributed by atoms with E-state index in [0.717, 1.165) is 50.5 Å². The second kappa shape index (κ2) is 7.42. The average molecular weight is 433 g/mol. The minimum atomic E-state index is -0.550. The maximum absolute atomic E-state index is 13.2. The number of benzene rings is 1. The van der Waals surface area contributed by atoms with Gasteiger partial charge in [0.15, 0.2) is 5.58 Å². The molecule has 1 saturated heterocycles. The number of amides is 3. The Hall–Kier alpha value is -2.32. The number of nitrogens with zero attached hydrogens (tertiary/aromatic N) is 2. The van der Waals surface area contributed by atoms with Gasteiger partial charge in [0.1, 0.15) is 5.52 Å². The van der Waals surface area contributed by atoms with Crippen LogP contribution in [-0.4, -0.2) is 48.1 Å². The molecule has 3 aliphatic rings. The van der Waals surface area contributed by atoms with Crippen molar-refractivity contribution in [3.63, 3.8) is 0 Å². The number of aromatic nitrogens is 1. The first-order chi connectivity index (χ1) is 14.5. The van der Waals surface area contributed by atoms with Crippen LogP contribution in [0.2, 0.25) is 5.02 Å². The van der Waals surface area contributed by atoms with Gasteiger partial charge in [-0.05, 0) is 31.7 Å². The largest absolute Gasteiger partial charge is 0.432 e. The van der Waals surface area contributed by atoms with E-state index in [9.17, 15) is 9.59 Å². The van der Waals surface area contributed by atoms with Crippen LogP contribution in [0.15, 0.2) is 10.5 Å². The zero-order valence-electron chi connectivity index (χ0n) is 16.9. The van der Waals surface area contributed by atoms with Crippen molar-refractivity contribution in [2.24, 2.45) is 0 Å². The summed E-state index contributed by atoms with van der Waals surface area (Å²) >= 11 is 6.53. The number of hydrogen-bond donors (Lipinski definition) is 2. The number of rotatable bonds is 3. The SMILES string of the molecule is COC[C@@H]1CCCN1C(=O)c1nc2cc(Cl)c3c(c2o1)C1(CCCCC1)NC(=O)N3. The molecule has 8 nitrogen and oxygen atoms in total. The monoisotopic (exact) mass is 432 g/mol. The molecule has 2 N–H and O–H groups in total. The maximum atomic E-state index is 13.2. The van der Waals surface area contributed by atoms with Crippen LogP contribution in [0.25, 0.3) is 11.1 Å². The number of oxazole rings is 1. The van der Waals surface area contributed by atoms with Crippen molar-refractivity contribution in [1.29, 1.82) is 0 Å². The molecule has 0 radical (unpaired) electrons. The lowest BCUT2D eigenvalue weighted by Gasteiger charge is -2.42. The van der Waals surface area contributed by atoms with Crippen molar-refractivity contribution >= 4 is 40.3 Å². The molecular weight excluding hydrogens is 408 g/mol. The van der Waals surface area contributed by atoms with E-state index in [2.05, 4.69) is 15.6 Å². The first-order valence-corrected chi connectivity index (χ1v) is 10.9. The van der Waals surface area contributed by atoms with Gasteiger partial charge in [-0.1, -0.05) is 30.9 Å². The van der Waals surface area contributed by atoms with Gasteiger partial charge in [0.05, 0.1) is 28.9 Å². The quantitative estimate of drug-likeness (QED) is 0.763. The van der Waals surface area contributed by atoms with Gasteiger partial charge >= 0.3 is 11.9 Å². The van der Waals surface area contributed by atoms with Gasteiger partial charge in [0.25, 0.3) is 5.89 Å². The van der Waals surface area contributed by atoms with Gasteiger partial charge in [-0.2, -0.15) is 0 Å². The summed E-state index contributed by atoms with van der Waals surface area (Å²) in [5.41, 5.74) is 1.88. The van der Waals surface area contributed by atoms with Crippen LogP contribution in [0.5, 0.6) is 0 Å². The molecule has 9 heteroatoms. The van der Waals surface area contributed by atoms with E-state index in [1.54, 1.807) is 18.1 Å². The highest BCUT2D eigenvalue weighted by Gasteiger charge is 2.44. The smallest absolute Gasteiger partial charge is 0.319 e. The molecule has 30 heavy (non-hydrogen) atoms. The Morgan fingerprint density at radius 1 is 1.37 bits per heavy atom. The maximum Gasteiger partial charge on any atom is 0.319 e. The van der Waals surface area contributed by atoms with Gasteiger partial charge in [-0.25, -0.2) is 9.78 Å². The van der Waals surface area contributed by atoms with E-state index >= 15 is 0 Å². The van der Waals surface area contributed by atoms with Crippen LogP contribution >= 0.6 is 11.6 Å². The number of anilines is 1. The molecule has 1 saturated carbocycles. The highest BCUT2D eigenvalue weighted by atomic mass is 35.5. The third kappa shape index (κ3) is 3.04. The number of likely N-dealkylation sites (tertiary alicyclic amines) is 1. The molecule has 2 aromatic rings. The lowest BCUT2D eigenvalue weighted by Crippen LogP contribution is -2.52. The standard InChI is InChI=1S/C21H25ClN4O4/c1-29-11-12-6-5-9-26(12)19(27)18-23-14-10-13(22)16-15(17(14)30-18)21(25-20(28)24-16)7-3-2-4-8-21/h10,12H,2-9,11H2,1H3,(H2,24,25,28)/t12-/m0/s1. The number of fused-ring (bicyclic) bond motifs is 4. The lowest BCUT2D eigenvalue weighted by atomic mass is 9.74. The predicted molar refractivity (Wildman–Crippen MR) is 112 cm³/mol. The molecule has 2 aliphatic heterocycles. The molecule has 1 aromatic heterocycles. The Kier molecular flexibility index (Phi) is 4.86. The van der Waals surface area contributed by atoms with Crippen molar-refractivity contribution in [1.82, 2.24) is 15.2 Å². The summed E-state index contributed by atoms with van der Waals surface area (Å²) in [5.74, 6) is -0.179. The van der Waals surface area contributed by atoms with E-state index in [1.165, 1.54) is 0 Å². The Labute approximate surface area is 179 Å². The number of hydrogen-bond acceptors (Lipinski definition) is 5. The van der Waals surface area contributed by atoms with Crippen LogP contribution < -0.4 is 10.6 Å². The lowest BCUT2D eigenvalue weighted by molar-refractivity contribution is 0.0595. The topological polar surface area (TPSA) is 96.7 Å². The van der Waals surface area contributed by atoms with E-state index < -0.39 is 5.54 Å². The van der Waals surface area contributed by atoms with Gasteiger partial charge in [-0.3, -0.25) is 4.79 Å². The summed E-state index contributed by atoms with van der Waals surface area (Å²) in [5, 5.41) is 6.35. The molecule has 1 spiro atoms. The highest BCUT2D eigenvalue weighted by molar-refractivity contribution is 6.35. The minimum Gasteiger partial charge on any atom is -0.432 e. The Morgan fingerprint density at radius 3 is 2.93 bits per heavy atom. The number of methoxy groups -OCH3 is 1. The van der Waals surface area contributed by atoms with Crippen LogP contribution in [0.3, 0.4) is 0 Å².